The van der Waals surface area contributed by atoms with Crippen LogP contribution in [-0.4, -0.2) is 30.1 Å². The van der Waals surface area contributed by atoms with Gasteiger partial charge in [0.1, 0.15) is 5.75 Å². The van der Waals surface area contributed by atoms with Gasteiger partial charge in [0.25, 0.3) is 5.91 Å². The smallest absolute Gasteiger partial charge is 0.306 e. The molecule has 1 aromatic rings. The van der Waals surface area contributed by atoms with Crippen LogP contribution in [0.2, 0.25) is 5.02 Å². The maximum absolute atomic E-state index is 12.0. The summed E-state index contributed by atoms with van der Waals surface area (Å²) in [4.78, 5) is 23.2. The van der Waals surface area contributed by atoms with E-state index in [4.69, 9.17) is 16.3 Å². The first-order valence-electron chi connectivity index (χ1n) is 8.27. The van der Waals surface area contributed by atoms with Gasteiger partial charge >= 0.3 is 5.97 Å². The van der Waals surface area contributed by atoms with Gasteiger partial charge in [-0.15, -0.1) is 0 Å². The molecule has 1 fully saturated rings. The number of carbonyl (C=O) groups is 2. The van der Waals surface area contributed by atoms with Crippen LogP contribution in [0.4, 0.5) is 0 Å². The van der Waals surface area contributed by atoms with E-state index >= 15 is 0 Å². The van der Waals surface area contributed by atoms with Crippen molar-refractivity contribution in [2.75, 3.05) is 13.2 Å². The Balaban J connectivity index is 1.82. The fourth-order valence-electron chi connectivity index (χ4n) is 3.21. The molecule has 0 aliphatic heterocycles. The molecule has 0 saturated heterocycles. The topological polar surface area (TPSA) is 75.6 Å². The number of hydrogen-bond acceptors (Lipinski definition) is 3. The van der Waals surface area contributed by atoms with E-state index in [0.717, 1.165) is 30.4 Å². The molecular formula is C18H24ClNO4. The fourth-order valence-corrected chi connectivity index (χ4v) is 3.32. The lowest BCUT2D eigenvalue weighted by molar-refractivity contribution is -0.145. The minimum atomic E-state index is -0.766. The summed E-state index contributed by atoms with van der Waals surface area (Å²) in [5, 5.41) is 12.7. The highest BCUT2D eigenvalue weighted by molar-refractivity contribution is 6.32. The zero-order valence-electron chi connectivity index (χ0n) is 14.1. The number of halogens is 1. The molecular weight excluding hydrogens is 330 g/mol. The van der Waals surface area contributed by atoms with Gasteiger partial charge in [-0.1, -0.05) is 24.4 Å². The molecule has 0 aromatic heterocycles. The van der Waals surface area contributed by atoms with Crippen molar-refractivity contribution in [2.45, 2.75) is 39.5 Å². The van der Waals surface area contributed by atoms with Gasteiger partial charge in [0, 0.05) is 11.6 Å². The Morgan fingerprint density at radius 3 is 2.50 bits per heavy atom. The number of hydrogen-bond donors (Lipinski definition) is 2. The predicted molar refractivity (Wildman–Crippen MR) is 92.5 cm³/mol. The Hall–Kier alpha value is -1.75. The van der Waals surface area contributed by atoms with E-state index < -0.39 is 5.97 Å². The number of carboxylic acids is 1. The van der Waals surface area contributed by atoms with Crippen LogP contribution in [0.25, 0.3) is 0 Å². The van der Waals surface area contributed by atoms with Crippen molar-refractivity contribution < 1.29 is 19.4 Å². The summed E-state index contributed by atoms with van der Waals surface area (Å²) in [5.41, 5.74) is 1.80. The molecule has 5 nitrogen and oxygen atoms in total. The third-order valence-corrected chi connectivity index (χ3v) is 5.16. The second kappa shape index (κ2) is 8.38. The Morgan fingerprint density at radius 2 is 1.88 bits per heavy atom. The lowest BCUT2D eigenvalue weighted by atomic mass is 9.79. The Morgan fingerprint density at radius 1 is 1.25 bits per heavy atom. The molecule has 0 unspecified atom stereocenters. The summed E-state index contributed by atoms with van der Waals surface area (Å²) < 4.78 is 5.51. The molecule has 0 spiro atoms. The fraction of sp³-hybridized carbons (Fsp3) is 0.556. The predicted octanol–water partition coefficient (Wildman–Crippen LogP) is 3.34. The second-order valence-electron chi connectivity index (χ2n) is 6.45. The van der Waals surface area contributed by atoms with E-state index in [0.29, 0.717) is 23.7 Å². The summed E-state index contributed by atoms with van der Waals surface area (Å²) in [7, 11) is 0. The molecule has 6 heteroatoms. The van der Waals surface area contributed by atoms with Crippen molar-refractivity contribution in [2.24, 2.45) is 11.8 Å². The van der Waals surface area contributed by atoms with Crippen molar-refractivity contribution in [3.05, 3.63) is 28.3 Å². The average molecular weight is 354 g/mol. The maximum atomic E-state index is 12.0. The lowest BCUT2D eigenvalue weighted by Crippen LogP contribution is -2.38. The van der Waals surface area contributed by atoms with Crippen molar-refractivity contribution in [1.82, 2.24) is 5.32 Å². The Labute approximate surface area is 147 Å². The third kappa shape index (κ3) is 4.87. The monoisotopic (exact) mass is 353 g/mol. The number of carbonyl (C=O) groups excluding carboxylic acids is 1. The molecule has 2 N–H and O–H groups in total. The van der Waals surface area contributed by atoms with Crippen LogP contribution in [0.3, 0.4) is 0 Å². The minimum absolute atomic E-state index is 0.000204. The molecule has 2 rings (SSSR count). The first-order chi connectivity index (χ1) is 11.4. The summed E-state index contributed by atoms with van der Waals surface area (Å²) in [6.45, 7) is 4.07. The van der Waals surface area contributed by atoms with Crippen LogP contribution in [-0.2, 0) is 9.59 Å². The molecule has 0 radical (unpaired) electrons. The highest BCUT2D eigenvalue weighted by Gasteiger charge is 2.30. The van der Waals surface area contributed by atoms with Gasteiger partial charge in [-0.25, -0.2) is 0 Å². The zero-order valence-corrected chi connectivity index (χ0v) is 14.9. The van der Waals surface area contributed by atoms with Gasteiger partial charge in [0.15, 0.2) is 6.61 Å². The SMILES string of the molecule is Cc1cc(OCC(=O)NC[C@@H]2CCCC[C@@H]2C(=O)O)cc(C)c1Cl. The van der Waals surface area contributed by atoms with Gasteiger partial charge in [-0.3, -0.25) is 9.59 Å². The lowest BCUT2D eigenvalue weighted by Gasteiger charge is -2.28. The van der Waals surface area contributed by atoms with Gasteiger partial charge in [-0.2, -0.15) is 0 Å². The largest absolute Gasteiger partial charge is 0.484 e. The molecule has 132 valence electrons. The number of carboxylic acid groups (broad SMARTS) is 1. The molecule has 0 heterocycles. The molecule has 0 bridgehead atoms. The van der Waals surface area contributed by atoms with Crippen molar-refractivity contribution in [3.8, 4) is 5.75 Å². The van der Waals surface area contributed by atoms with Crippen molar-refractivity contribution in [3.63, 3.8) is 0 Å². The van der Waals surface area contributed by atoms with E-state index in [2.05, 4.69) is 5.32 Å². The first-order valence-corrected chi connectivity index (χ1v) is 8.65. The summed E-state index contributed by atoms with van der Waals surface area (Å²) in [6.07, 6.45) is 3.49. The van der Waals surface area contributed by atoms with Gasteiger partial charge < -0.3 is 15.2 Å². The number of rotatable bonds is 6. The second-order valence-corrected chi connectivity index (χ2v) is 6.83. The van der Waals surface area contributed by atoms with Crippen LogP contribution in [0.5, 0.6) is 5.75 Å². The van der Waals surface area contributed by atoms with Crippen LogP contribution < -0.4 is 10.1 Å². The van der Waals surface area contributed by atoms with E-state index in [-0.39, 0.29) is 24.3 Å². The average Bonchev–Trinajstić information content (AvgIpc) is 2.56. The molecule has 1 aliphatic carbocycles. The minimum Gasteiger partial charge on any atom is -0.484 e. The van der Waals surface area contributed by atoms with Crippen molar-refractivity contribution in [1.29, 1.82) is 0 Å². The normalized spacial score (nSPS) is 20.5. The molecule has 24 heavy (non-hydrogen) atoms. The van der Waals surface area contributed by atoms with Gasteiger partial charge in [0.05, 0.1) is 5.92 Å². The van der Waals surface area contributed by atoms with Gasteiger partial charge in [0.2, 0.25) is 0 Å². The number of aliphatic carboxylic acids is 1. The molecule has 1 saturated carbocycles. The van der Waals surface area contributed by atoms with Gasteiger partial charge in [-0.05, 0) is 55.9 Å². The van der Waals surface area contributed by atoms with E-state index in [1.54, 1.807) is 12.1 Å². The molecule has 1 aliphatic rings. The third-order valence-electron chi connectivity index (χ3n) is 4.57. The first kappa shape index (κ1) is 18.6. The van der Waals surface area contributed by atoms with Crippen LogP contribution in [0.1, 0.15) is 36.8 Å². The highest BCUT2D eigenvalue weighted by atomic mass is 35.5. The zero-order chi connectivity index (χ0) is 17.7. The summed E-state index contributed by atoms with van der Waals surface area (Å²) in [5.74, 6) is -0.764. The molecule has 1 amide bonds. The Kier molecular flexibility index (Phi) is 6.49. The van der Waals surface area contributed by atoms with Crippen LogP contribution in [0.15, 0.2) is 12.1 Å². The summed E-state index contributed by atoms with van der Waals surface area (Å²) in [6, 6.07) is 3.59. The van der Waals surface area contributed by atoms with Crippen LogP contribution >= 0.6 is 11.6 Å². The van der Waals surface area contributed by atoms with E-state index in [9.17, 15) is 14.7 Å². The quantitative estimate of drug-likeness (QED) is 0.822. The number of amides is 1. The Bertz CT molecular complexity index is 594. The number of benzene rings is 1. The summed E-state index contributed by atoms with van der Waals surface area (Å²) >= 11 is 6.10. The highest BCUT2D eigenvalue weighted by Crippen LogP contribution is 2.29. The van der Waals surface area contributed by atoms with E-state index in [1.165, 1.54) is 0 Å². The molecule has 2 atom stereocenters. The van der Waals surface area contributed by atoms with E-state index in [1.807, 2.05) is 13.8 Å². The number of nitrogens with one attached hydrogen (secondary N) is 1. The maximum Gasteiger partial charge on any atom is 0.306 e. The molecule has 1 aromatic carbocycles. The standard InChI is InChI=1S/C18H24ClNO4/c1-11-7-14(8-12(2)17(11)19)24-10-16(21)20-9-13-5-3-4-6-15(13)18(22)23/h7-8,13,15H,3-6,9-10H2,1-2H3,(H,20,21)(H,22,23)/t13-,15-/m0/s1. The number of ether oxygens (including phenoxy) is 1. The van der Waals surface area contributed by atoms with Crippen molar-refractivity contribution >= 4 is 23.5 Å². The van der Waals surface area contributed by atoms with Crippen LogP contribution in [0, 0.1) is 25.7 Å². The number of aryl methyl sites for hydroxylation is 2.